The molecule has 1 aliphatic rings. The van der Waals surface area contributed by atoms with Gasteiger partial charge in [-0.15, -0.1) is 16.9 Å². The number of carboxylic acids is 1. The highest BCUT2D eigenvalue weighted by Crippen LogP contribution is 2.25. The Kier molecular flexibility index (Phi) is 5.14. The summed E-state index contributed by atoms with van der Waals surface area (Å²) in [5, 5.41) is 16.0. The lowest BCUT2D eigenvalue weighted by atomic mass is 10.2. The fraction of sp³-hybridized carbons (Fsp3) is 0.375. The van der Waals surface area contributed by atoms with E-state index in [9.17, 15) is 9.59 Å². The monoisotopic (exact) mass is 346 g/mol. The van der Waals surface area contributed by atoms with Gasteiger partial charge < -0.3 is 10.0 Å². The topological polar surface area (TPSA) is 88.3 Å². The molecule has 1 atom stereocenters. The quantitative estimate of drug-likeness (QED) is 0.800. The summed E-state index contributed by atoms with van der Waals surface area (Å²) in [4.78, 5) is 26.1. The number of hydrogen-bond acceptors (Lipinski definition) is 5. The zero-order valence-corrected chi connectivity index (χ0v) is 13.9. The largest absolute Gasteiger partial charge is 0.476 e. The number of likely N-dealkylation sites (tertiary alicyclic amines) is 1. The highest BCUT2D eigenvalue weighted by Gasteiger charge is 2.26. The first kappa shape index (κ1) is 16.5. The third-order valence-electron chi connectivity index (χ3n) is 3.92. The van der Waals surface area contributed by atoms with Crippen LogP contribution in [-0.2, 0) is 11.3 Å². The van der Waals surface area contributed by atoms with Crippen LogP contribution < -0.4 is 0 Å². The zero-order valence-electron chi connectivity index (χ0n) is 13.0. The maximum atomic E-state index is 12.3. The number of aromatic carboxylic acids is 1. The number of rotatable bonds is 6. The third kappa shape index (κ3) is 4.14. The van der Waals surface area contributed by atoms with Crippen molar-refractivity contribution in [2.45, 2.75) is 17.9 Å². The molecule has 2 aromatic rings. The van der Waals surface area contributed by atoms with E-state index < -0.39 is 5.97 Å². The summed E-state index contributed by atoms with van der Waals surface area (Å²) in [7, 11) is 0. The number of hydrogen-bond donors (Lipinski definition) is 1. The van der Waals surface area contributed by atoms with E-state index in [1.165, 1.54) is 15.8 Å². The Bertz CT molecular complexity index is 719. The highest BCUT2D eigenvalue weighted by molar-refractivity contribution is 7.99. The van der Waals surface area contributed by atoms with Gasteiger partial charge in [0.05, 0.1) is 6.20 Å². The molecule has 3 rings (SSSR count). The predicted molar refractivity (Wildman–Crippen MR) is 88.8 cm³/mol. The lowest BCUT2D eigenvalue weighted by Gasteiger charge is -2.16. The minimum Gasteiger partial charge on any atom is -0.476 e. The van der Waals surface area contributed by atoms with Crippen molar-refractivity contribution in [3.63, 3.8) is 0 Å². The van der Waals surface area contributed by atoms with Crippen LogP contribution in [0.1, 0.15) is 16.9 Å². The van der Waals surface area contributed by atoms with E-state index in [0.29, 0.717) is 5.92 Å². The van der Waals surface area contributed by atoms with E-state index >= 15 is 0 Å². The molecule has 1 aromatic carbocycles. The lowest BCUT2D eigenvalue weighted by Crippen LogP contribution is -2.32. The molecule has 7 nitrogen and oxygen atoms in total. The second kappa shape index (κ2) is 7.48. The summed E-state index contributed by atoms with van der Waals surface area (Å²) in [6.45, 7) is 1.50. The maximum Gasteiger partial charge on any atom is 0.358 e. The summed E-state index contributed by atoms with van der Waals surface area (Å²) in [6, 6.07) is 10.2. The van der Waals surface area contributed by atoms with Crippen LogP contribution in [0.5, 0.6) is 0 Å². The first-order valence-corrected chi connectivity index (χ1v) is 8.69. The van der Waals surface area contributed by atoms with Crippen molar-refractivity contribution < 1.29 is 14.7 Å². The van der Waals surface area contributed by atoms with E-state index in [-0.39, 0.29) is 18.1 Å². The van der Waals surface area contributed by atoms with Crippen molar-refractivity contribution in [2.75, 3.05) is 18.8 Å². The molecule has 24 heavy (non-hydrogen) atoms. The van der Waals surface area contributed by atoms with E-state index in [4.69, 9.17) is 5.11 Å². The first-order chi connectivity index (χ1) is 11.6. The summed E-state index contributed by atoms with van der Waals surface area (Å²) in [6.07, 6.45) is 2.27. The fourth-order valence-corrected chi connectivity index (χ4v) is 3.69. The van der Waals surface area contributed by atoms with Crippen molar-refractivity contribution in [1.29, 1.82) is 0 Å². The molecule has 1 fully saturated rings. The molecular weight excluding hydrogens is 328 g/mol. The Labute approximate surface area is 143 Å². The molecule has 0 spiro atoms. The molecule has 1 amide bonds. The van der Waals surface area contributed by atoms with Gasteiger partial charge in [-0.1, -0.05) is 23.4 Å². The van der Waals surface area contributed by atoms with Crippen molar-refractivity contribution in [3.8, 4) is 0 Å². The number of amides is 1. The second-order valence-electron chi connectivity index (χ2n) is 5.73. The van der Waals surface area contributed by atoms with Crippen molar-refractivity contribution in [1.82, 2.24) is 19.9 Å². The summed E-state index contributed by atoms with van der Waals surface area (Å²) in [5.74, 6) is 0.265. The molecule has 1 N–H and O–H groups in total. The van der Waals surface area contributed by atoms with Crippen LogP contribution in [0.15, 0.2) is 41.4 Å². The molecule has 0 aliphatic carbocycles. The van der Waals surface area contributed by atoms with Gasteiger partial charge in [-0.25, -0.2) is 9.48 Å². The van der Waals surface area contributed by atoms with Crippen molar-refractivity contribution >= 4 is 23.6 Å². The normalized spacial score (nSPS) is 17.2. The van der Waals surface area contributed by atoms with E-state index in [1.54, 1.807) is 0 Å². The number of nitrogens with zero attached hydrogens (tertiary/aromatic N) is 4. The number of aromatic nitrogens is 3. The molecule has 8 heteroatoms. The van der Waals surface area contributed by atoms with Crippen LogP contribution in [0, 0.1) is 5.92 Å². The van der Waals surface area contributed by atoms with Crippen LogP contribution in [0.2, 0.25) is 0 Å². The highest BCUT2D eigenvalue weighted by atomic mass is 32.2. The van der Waals surface area contributed by atoms with Gasteiger partial charge in [0.1, 0.15) is 6.54 Å². The maximum absolute atomic E-state index is 12.3. The van der Waals surface area contributed by atoms with E-state index in [0.717, 1.165) is 25.3 Å². The third-order valence-corrected chi connectivity index (χ3v) is 5.17. The zero-order chi connectivity index (χ0) is 16.9. The molecular formula is C16H18N4O3S. The van der Waals surface area contributed by atoms with Crippen molar-refractivity contribution in [2.24, 2.45) is 5.92 Å². The number of thioether (sulfide) groups is 1. The minimum absolute atomic E-state index is 0.0266. The Balaban J connectivity index is 1.47. The number of carboxylic acid groups (broad SMARTS) is 1. The summed E-state index contributed by atoms with van der Waals surface area (Å²) < 4.78 is 1.28. The van der Waals surface area contributed by atoms with Gasteiger partial charge in [-0.3, -0.25) is 4.79 Å². The molecule has 0 radical (unpaired) electrons. The molecule has 126 valence electrons. The summed E-state index contributed by atoms with van der Waals surface area (Å²) in [5.41, 5.74) is -0.152. The second-order valence-corrected chi connectivity index (χ2v) is 6.82. The van der Waals surface area contributed by atoms with Gasteiger partial charge in [-0.05, 0) is 24.5 Å². The Morgan fingerprint density at radius 3 is 2.79 bits per heavy atom. The van der Waals surface area contributed by atoms with Gasteiger partial charge in [0.25, 0.3) is 0 Å². The Morgan fingerprint density at radius 2 is 2.08 bits per heavy atom. The van der Waals surface area contributed by atoms with Crippen LogP contribution in [0.4, 0.5) is 0 Å². The van der Waals surface area contributed by atoms with Gasteiger partial charge in [0, 0.05) is 23.7 Å². The Hall–Kier alpha value is -2.35. The van der Waals surface area contributed by atoms with Crippen LogP contribution in [0.25, 0.3) is 0 Å². The average Bonchev–Trinajstić information content (AvgIpc) is 3.23. The van der Waals surface area contributed by atoms with E-state index in [2.05, 4.69) is 22.4 Å². The van der Waals surface area contributed by atoms with Gasteiger partial charge in [0.15, 0.2) is 5.69 Å². The van der Waals surface area contributed by atoms with Crippen LogP contribution >= 0.6 is 11.8 Å². The molecule has 0 saturated carbocycles. The van der Waals surface area contributed by atoms with Crippen LogP contribution in [-0.4, -0.2) is 55.7 Å². The van der Waals surface area contributed by atoms with E-state index in [1.807, 2.05) is 34.9 Å². The number of carbonyl (C=O) groups excluding carboxylic acids is 1. The first-order valence-electron chi connectivity index (χ1n) is 7.71. The molecule has 2 heterocycles. The van der Waals surface area contributed by atoms with Crippen molar-refractivity contribution in [3.05, 3.63) is 42.2 Å². The molecule has 1 unspecified atom stereocenters. The number of benzene rings is 1. The molecule has 0 bridgehead atoms. The average molecular weight is 346 g/mol. The predicted octanol–water partition coefficient (Wildman–Crippen LogP) is 1.62. The van der Waals surface area contributed by atoms with Gasteiger partial charge in [0.2, 0.25) is 5.91 Å². The SMILES string of the molecule is O=C(O)c1cn(CC(=O)N2CCC(CSc3ccccc3)C2)nn1. The Morgan fingerprint density at radius 1 is 1.29 bits per heavy atom. The fourth-order valence-electron chi connectivity index (χ4n) is 2.64. The molecule has 1 aliphatic heterocycles. The smallest absolute Gasteiger partial charge is 0.358 e. The molecule has 1 aromatic heterocycles. The standard InChI is InChI=1S/C16H18N4O3S/c21-15(10-20-9-14(16(22)23)17-18-20)19-7-6-12(8-19)11-24-13-4-2-1-3-5-13/h1-5,9,12H,6-8,10-11H2,(H,22,23). The molecule has 1 saturated heterocycles. The minimum atomic E-state index is -1.15. The summed E-state index contributed by atoms with van der Waals surface area (Å²) >= 11 is 1.81. The lowest BCUT2D eigenvalue weighted by molar-refractivity contribution is -0.131. The number of carbonyl (C=O) groups is 2. The van der Waals surface area contributed by atoms with Gasteiger partial charge in [-0.2, -0.15) is 0 Å². The van der Waals surface area contributed by atoms with Gasteiger partial charge >= 0.3 is 5.97 Å². The van der Waals surface area contributed by atoms with Crippen LogP contribution in [0.3, 0.4) is 0 Å².